The van der Waals surface area contributed by atoms with E-state index in [1.54, 1.807) is 12.4 Å². The fraction of sp³-hybridized carbons (Fsp3) is 0.258. The monoisotopic (exact) mass is 474 g/mol. The van der Waals surface area contributed by atoms with Crippen molar-refractivity contribution in [1.29, 1.82) is 0 Å². The van der Waals surface area contributed by atoms with Gasteiger partial charge in [-0.05, 0) is 104 Å². The van der Waals surface area contributed by atoms with Crippen LogP contribution in [0.3, 0.4) is 0 Å². The van der Waals surface area contributed by atoms with Crippen LogP contribution >= 0.6 is 0 Å². The van der Waals surface area contributed by atoms with Crippen molar-refractivity contribution in [3.05, 3.63) is 95.0 Å². The van der Waals surface area contributed by atoms with Crippen molar-refractivity contribution in [1.82, 2.24) is 19.9 Å². The summed E-state index contributed by atoms with van der Waals surface area (Å²) in [4.78, 5) is 27.2. The van der Waals surface area contributed by atoms with Crippen molar-refractivity contribution in [2.45, 2.75) is 38.6 Å². The zero-order chi connectivity index (χ0) is 24.6. The van der Waals surface area contributed by atoms with Gasteiger partial charge in [0.1, 0.15) is 0 Å². The lowest BCUT2D eigenvalue weighted by atomic mass is 9.88. The molecule has 3 heterocycles. The highest BCUT2D eigenvalue weighted by Crippen LogP contribution is 2.31. The minimum atomic E-state index is -0.105. The van der Waals surface area contributed by atoms with Gasteiger partial charge in [0.25, 0.3) is 5.56 Å². The first-order chi connectivity index (χ1) is 17.5. The maximum atomic E-state index is 12.9. The maximum Gasteiger partial charge on any atom is 0.256 e. The van der Waals surface area contributed by atoms with Crippen LogP contribution in [0.15, 0.2) is 83.9 Å². The lowest BCUT2D eigenvalue weighted by Crippen LogP contribution is -2.37. The van der Waals surface area contributed by atoms with Crippen LogP contribution in [0.1, 0.15) is 38.2 Å². The fourth-order valence-corrected chi connectivity index (χ4v) is 5.43. The highest BCUT2D eigenvalue weighted by Gasteiger charge is 2.22. The Hall–Kier alpha value is -3.83. The highest BCUT2D eigenvalue weighted by atomic mass is 16.1. The molecule has 0 amide bonds. The number of likely N-dealkylation sites (tertiary alicyclic amines) is 1. The molecule has 5 nitrogen and oxygen atoms in total. The van der Waals surface area contributed by atoms with E-state index in [0.717, 1.165) is 33.1 Å². The second-order valence-corrected chi connectivity index (χ2v) is 10.1. The molecule has 1 aliphatic rings. The second kappa shape index (κ2) is 9.32. The van der Waals surface area contributed by atoms with E-state index in [-0.39, 0.29) is 5.56 Å². The molecular formula is C31H30N4O. The molecular weight excluding hydrogens is 444 g/mol. The van der Waals surface area contributed by atoms with E-state index in [1.165, 1.54) is 37.1 Å². The summed E-state index contributed by atoms with van der Waals surface area (Å²) in [7, 11) is 0. The normalized spacial score (nSPS) is 15.2. The molecule has 5 aromatic rings. The molecule has 180 valence electrons. The molecule has 6 rings (SSSR count). The van der Waals surface area contributed by atoms with E-state index in [0.29, 0.717) is 17.5 Å². The topological polar surface area (TPSA) is 61.9 Å². The second-order valence-electron chi connectivity index (χ2n) is 10.1. The van der Waals surface area contributed by atoms with Gasteiger partial charge in [0, 0.05) is 29.5 Å². The number of nitrogens with zero attached hydrogens (tertiary/aromatic N) is 3. The summed E-state index contributed by atoms with van der Waals surface area (Å²) in [6.45, 7) is 6.93. The van der Waals surface area contributed by atoms with Crippen molar-refractivity contribution in [3.8, 4) is 22.3 Å². The Balaban J connectivity index is 1.29. The molecule has 0 bridgehead atoms. The van der Waals surface area contributed by atoms with Crippen molar-refractivity contribution in [2.75, 3.05) is 13.1 Å². The quantitative estimate of drug-likeness (QED) is 0.328. The molecule has 1 aliphatic heterocycles. The van der Waals surface area contributed by atoms with E-state index >= 15 is 0 Å². The predicted molar refractivity (Wildman–Crippen MR) is 147 cm³/mol. The zero-order valence-corrected chi connectivity index (χ0v) is 20.7. The Labute approximate surface area is 210 Å². The van der Waals surface area contributed by atoms with Gasteiger partial charge in [-0.15, -0.1) is 0 Å². The SMILES string of the molecule is CC(C)N1CCC(c2ccc(-c3ccc4[nH]c(=O)c(-c5ccc6nccnc6c5)cc4c3)cc2)CC1. The van der Waals surface area contributed by atoms with Crippen LogP contribution < -0.4 is 5.56 Å². The van der Waals surface area contributed by atoms with Crippen molar-refractivity contribution in [2.24, 2.45) is 0 Å². The van der Waals surface area contributed by atoms with Gasteiger partial charge in [0.2, 0.25) is 0 Å². The van der Waals surface area contributed by atoms with Crippen LogP contribution in [-0.2, 0) is 0 Å². The van der Waals surface area contributed by atoms with E-state index in [9.17, 15) is 4.79 Å². The molecule has 36 heavy (non-hydrogen) atoms. The number of hydrogen-bond donors (Lipinski definition) is 1. The summed E-state index contributed by atoms with van der Waals surface area (Å²) in [6, 6.07) is 23.7. The van der Waals surface area contributed by atoms with Gasteiger partial charge in [0.15, 0.2) is 0 Å². The number of fused-ring (bicyclic) bond motifs is 2. The van der Waals surface area contributed by atoms with Crippen LogP contribution in [0.4, 0.5) is 0 Å². The van der Waals surface area contributed by atoms with Crippen LogP contribution in [0, 0.1) is 0 Å². The molecule has 1 fully saturated rings. The van der Waals surface area contributed by atoms with Gasteiger partial charge in [0.05, 0.1) is 11.0 Å². The molecule has 2 aromatic heterocycles. The first-order valence-corrected chi connectivity index (χ1v) is 12.8. The van der Waals surface area contributed by atoms with E-state index in [1.807, 2.05) is 30.3 Å². The number of H-pyrrole nitrogens is 1. The number of aromatic amines is 1. The van der Waals surface area contributed by atoms with Crippen molar-refractivity contribution >= 4 is 21.9 Å². The molecule has 0 radical (unpaired) electrons. The number of aromatic nitrogens is 3. The summed E-state index contributed by atoms with van der Waals surface area (Å²) in [5, 5.41) is 1.01. The molecule has 5 heteroatoms. The Morgan fingerprint density at radius 1 is 0.806 bits per heavy atom. The van der Waals surface area contributed by atoms with Gasteiger partial charge in [-0.1, -0.05) is 36.4 Å². The van der Waals surface area contributed by atoms with Crippen LogP contribution in [0.5, 0.6) is 0 Å². The number of nitrogens with one attached hydrogen (secondary N) is 1. The smallest absolute Gasteiger partial charge is 0.256 e. The molecule has 1 saturated heterocycles. The summed E-state index contributed by atoms with van der Waals surface area (Å²) >= 11 is 0. The number of benzene rings is 3. The van der Waals surface area contributed by atoms with E-state index in [4.69, 9.17) is 0 Å². The summed E-state index contributed by atoms with van der Waals surface area (Å²) in [5.74, 6) is 0.643. The van der Waals surface area contributed by atoms with Gasteiger partial charge in [-0.3, -0.25) is 14.8 Å². The van der Waals surface area contributed by atoms with Crippen LogP contribution in [0.25, 0.3) is 44.2 Å². The van der Waals surface area contributed by atoms with Crippen molar-refractivity contribution < 1.29 is 0 Å². The molecule has 0 spiro atoms. The Kier molecular flexibility index (Phi) is 5.86. The average Bonchev–Trinajstić information content (AvgIpc) is 2.92. The van der Waals surface area contributed by atoms with Crippen LogP contribution in [0.2, 0.25) is 0 Å². The molecule has 0 atom stereocenters. The molecule has 0 aliphatic carbocycles. The number of piperidine rings is 1. The summed E-state index contributed by atoms with van der Waals surface area (Å²) in [5.41, 5.74) is 7.56. The minimum Gasteiger partial charge on any atom is -0.321 e. The molecule has 1 N–H and O–H groups in total. The lowest BCUT2D eigenvalue weighted by molar-refractivity contribution is 0.172. The van der Waals surface area contributed by atoms with Gasteiger partial charge < -0.3 is 9.88 Å². The molecule has 3 aromatic carbocycles. The van der Waals surface area contributed by atoms with Gasteiger partial charge >= 0.3 is 0 Å². The summed E-state index contributed by atoms with van der Waals surface area (Å²) < 4.78 is 0. The van der Waals surface area contributed by atoms with Gasteiger partial charge in [-0.25, -0.2) is 0 Å². The highest BCUT2D eigenvalue weighted by molar-refractivity contribution is 5.89. The zero-order valence-electron chi connectivity index (χ0n) is 20.7. The predicted octanol–water partition coefficient (Wildman–Crippen LogP) is 6.39. The number of hydrogen-bond acceptors (Lipinski definition) is 4. The van der Waals surface area contributed by atoms with Gasteiger partial charge in [-0.2, -0.15) is 0 Å². The largest absolute Gasteiger partial charge is 0.321 e. The molecule has 0 saturated carbocycles. The van der Waals surface area contributed by atoms with E-state index < -0.39 is 0 Å². The molecule has 0 unspecified atom stereocenters. The van der Waals surface area contributed by atoms with E-state index in [2.05, 4.69) is 70.1 Å². The standard InChI is InChI=1S/C31H30N4O/c1-20(2)35-15-11-23(12-16-35)21-3-5-22(6-4-21)24-7-9-28-26(17-24)18-27(31(36)34-28)25-8-10-29-30(19-25)33-14-13-32-29/h3-10,13-14,17-20,23H,11-12,15-16H2,1-2H3,(H,34,36). The Morgan fingerprint density at radius 3 is 2.25 bits per heavy atom. The lowest BCUT2D eigenvalue weighted by Gasteiger charge is -2.34. The Morgan fingerprint density at radius 2 is 1.50 bits per heavy atom. The number of pyridine rings is 1. The summed E-state index contributed by atoms with van der Waals surface area (Å²) in [6.07, 6.45) is 5.80. The maximum absolute atomic E-state index is 12.9. The first kappa shape index (κ1) is 22.6. The minimum absolute atomic E-state index is 0.105. The third-order valence-corrected chi connectivity index (χ3v) is 7.60. The Bertz CT molecular complexity index is 1600. The first-order valence-electron chi connectivity index (χ1n) is 12.8. The third kappa shape index (κ3) is 4.31. The van der Waals surface area contributed by atoms with Crippen molar-refractivity contribution in [3.63, 3.8) is 0 Å². The third-order valence-electron chi connectivity index (χ3n) is 7.60. The number of rotatable bonds is 4. The van der Waals surface area contributed by atoms with Crippen LogP contribution in [-0.4, -0.2) is 39.0 Å². The fourth-order valence-electron chi connectivity index (χ4n) is 5.43. The average molecular weight is 475 g/mol.